The second-order valence-corrected chi connectivity index (χ2v) is 5.43. The lowest BCUT2D eigenvalue weighted by Gasteiger charge is -1.91. The van der Waals surface area contributed by atoms with Crippen LogP contribution in [0, 0.1) is 0 Å². The van der Waals surface area contributed by atoms with Crippen molar-refractivity contribution in [1.29, 1.82) is 0 Å². The number of nitrogen functional groups attached to an aromatic ring is 1. The summed E-state index contributed by atoms with van der Waals surface area (Å²) >= 11 is 1.53. The number of anilines is 1. The largest absolute Gasteiger partial charge is 0.399 e. The minimum Gasteiger partial charge on any atom is -0.399 e. The van der Waals surface area contributed by atoms with E-state index in [2.05, 4.69) is 27.0 Å². The first-order valence-electron chi connectivity index (χ1n) is 6.44. The number of hydrogen-bond donors (Lipinski definition) is 2. The summed E-state index contributed by atoms with van der Waals surface area (Å²) in [5.41, 5.74) is 8.30. The summed E-state index contributed by atoms with van der Waals surface area (Å²) in [5, 5.41) is 4.75. The van der Waals surface area contributed by atoms with E-state index in [4.69, 9.17) is 10.3 Å². The summed E-state index contributed by atoms with van der Waals surface area (Å²) in [6, 6.07) is 5.61. The Balaban J connectivity index is 1.69. The van der Waals surface area contributed by atoms with Gasteiger partial charge in [0.25, 0.3) is 0 Å². The molecule has 0 saturated carbocycles. The quantitative estimate of drug-likeness (QED) is 0.554. The van der Waals surface area contributed by atoms with E-state index in [1.807, 2.05) is 18.2 Å². The number of imidazole rings is 1. The molecule has 0 fully saturated rings. The van der Waals surface area contributed by atoms with Crippen LogP contribution in [0.4, 0.5) is 5.69 Å². The Morgan fingerprint density at radius 2 is 2.25 bits per heavy atom. The normalized spacial score (nSPS) is 11.2. The van der Waals surface area contributed by atoms with Crippen LogP contribution in [0.3, 0.4) is 0 Å². The van der Waals surface area contributed by atoms with Crippen LogP contribution in [-0.4, -0.2) is 20.1 Å². The molecule has 0 atom stereocenters. The van der Waals surface area contributed by atoms with Gasteiger partial charge in [0.2, 0.25) is 5.89 Å². The van der Waals surface area contributed by atoms with Crippen molar-refractivity contribution in [3.63, 3.8) is 0 Å². The number of hydrogen-bond acceptors (Lipinski definition) is 6. The zero-order valence-corrected chi connectivity index (χ0v) is 11.9. The van der Waals surface area contributed by atoms with Crippen molar-refractivity contribution in [3.05, 3.63) is 29.9 Å². The van der Waals surface area contributed by atoms with Gasteiger partial charge < -0.3 is 15.2 Å². The van der Waals surface area contributed by atoms with Gasteiger partial charge in [-0.1, -0.05) is 23.8 Å². The number of H-pyrrole nitrogens is 1. The molecule has 7 heteroatoms. The molecule has 2 heterocycles. The average molecular weight is 289 g/mol. The van der Waals surface area contributed by atoms with Crippen molar-refractivity contribution in [2.24, 2.45) is 0 Å². The third-order valence-electron chi connectivity index (χ3n) is 2.80. The van der Waals surface area contributed by atoms with E-state index in [-0.39, 0.29) is 0 Å². The SMILES string of the molecule is CCCc1noc(CSc2nc3ccc(N)cc3[nH]2)n1. The number of aromatic nitrogens is 4. The molecule has 1 aromatic carbocycles. The van der Waals surface area contributed by atoms with Crippen LogP contribution in [0.15, 0.2) is 27.9 Å². The van der Waals surface area contributed by atoms with E-state index < -0.39 is 0 Å². The van der Waals surface area contributed by atoms with Crippen molar-refractivity contribution < 1.29 is 4.52 Å². The van der Waals surface area contributed by atoms with Gasteiger partial charge in [0, 0.05) is 12.1 Å². The number of benzene rings is 1. The van der Waals surface area contributed by atoms with Gasteiger partial charge in [-0.05, 0) is 24.6 Å². The van der Waals surface area contributed by atoms with Crippen LogP contribution < -0.4 is 5.73 Å². The van der Waals surface area contributed by atoms with Crippen LogP contribution in [0.2, 0.25) is 0 Å². The Kier molecular flexibility index (Phi) is 3.60. The summed E-state index contributed by atoms with van der Waals surface area (Å²) in [6.07, 6.45) is 1.86. The maximum atomic E-state index is 5.74. The van der Waals surface area contributed by atoms with Gasteiger partial charge in [-0.2, -0.15) is 4.98 Å². The predicted molar refractivity (Wildman–Crippen MR) is 78.4 cm³/mol. The standard InChI is InChI=1S/C13H15N5OS/c1-2-3-11-17-12(19-18-11)7-20-13-15-9-5-4-8(14)6-10(9)16-13/h4-6H,2-3,7,14H2,1H3,(H,15,16). The van der Waals surface area contributed by atoms with E-state index in [0.717, 1.165) is 40.5 Å². The summed E-state index contributed by atoms with van der Waals surface area (Å²) in [7, 11) is 0. The van der Waals surface area contributed by atoms with Gasteiger partial charge >= 0.3 is 0 Å². The molecule has 0 spiro atoms. The summed E-state index contributed by atoms with van der Waals surface area (Å²) < 4.78 is 5.19. The Labute approximate surface area is 120 Å². The Morgan fingerprint density at radius 1 is 1.35 bits per heavy atom. The smallest absolute Gasteiger partial charge is 0.237 e. The van der Waals surface area contributed by atoms with Crippen molar-refractivity contribution in [3.8, 4) is 0 Å². The van der Waals surface area contributed by atoms with E-state index in [0.29, 0.717) is 11.6 Å². The van der Waals surface area contributed by atoms with Crippen molar-refractivity contribution >= 4 is 28.5 Å². The van der Waals surface area contributed by atoms with Gasteiger partial charge in [0.15, 0.2) is 11.0 Å². The number of nitrogens with zero attached hydrogens (tertiary/aromatic N) is 3. The first kappa shape index (κ1) is 13.0. The fourth-order valence-electron chi connectivity index (χ4n) is 1.88. The van der Waals surface area contributed by atoms with Crippen LogP contribution in [0.5, 0.6) is 0 Å². The summed E-state index contributed by atoms with van der Waals surface area (Å²) in [5.74, 6) is 1.99. The molecule has 3 N–H and O–H groups in total. The monoisotopic (exact) mass is 289 g/mol. The van der Waals surface area contributed by atoms with Gasteiger partial charge in [-0.25, -0.2) is 4.98 Å². The fourth-order valence-corrected chi connectivity index (χ4v) is 2.60. The number of thioether (sulfide) groups is 1. The van der Waals surface area contributed by atoms with E-state index in [1.54, 1.807) is 0 Å². The predicted octanol–water partition coefficient (Wildman–Crippen LogP) is 2.77. The highest BCUT2D eigenvalue weighted by molar-refractivity contribution is 7.98. The van der Waals surface area contributed by atoms with Crippen LogP contribution >= 0.6 is 11.8 Å². The van der Waals surface area contributed by atoms with Gasteiger partial charge in [0.1, 0.15) is 0 Å². The Bertz CT molecular complexity index is 720. The minimum atomic E-state index is 0.603. The molecule has 0 bridgehead atoms. The molecule has 0 aliphatic carbocycles. The lowest BCUT2D eigenvalue weighted by atomic mass is 10.3. The molecule has 0 saturated heterocycles. The molecular formula is C13H15N5OS. The van der Waals surface area contributed by atoms with E-state index in [1.165, 1.54) is 11.8 Å². The first-order chi connectivity index (χ1) is 9.74. The highest BCUT2D eigenvalue weighted by Crippen LogP contribution is 2.23. The topological polar surface area (TPSA) is 93.6 Å². The minimum absolute atomic E-state index is 0.603. The molecule has 0 radical (unpaired) electrons. The van der Waals surface area contributed by atoms with Crippen LogP contribution in [-0.2, 0) is 12.2 Å². The third-order valence-corrected chi connectivity index (χ3v) is 3.66. The van der Waals surface area contributed by atoms with E-state index >= 15 is 0 Å². The lowest BCUT2D eigenvalue weighted by Crippen LogP contribution is -1.87. The molecule has 104 valence electrons. The number of rotatable bonds is 5. The van der Waals surface area contributed by atoms with E-state index in [9.17, 15) is 0 Å². The lowest BCUT2D eigenvalue weighted by molar-refractivity contribution is 0.384. The molecule has 0 aliphatic heterocycles. The maximum absolute atomic E-state index is 5.74. The second-order valence-electron chi connectivity index (χ2n) is 4.46. The summed E-state index contributed by atoms with van der Waals surface area (Å²) in [6.45, 7) is 2.09. The van der Waals surface area contributed by atoms with Crippen molar-refractivity contribution in [2.45, 2.75) is 30.7 Å². The van der Waals surface area contributed by atoms with Crippen LogP contribution in [0.1, 0.15) is 25.1 Å². The molecule has 20 heavy (non-hydrogen) atoms. The fraction of sp³-hybridized carbons (Fsp3) is 0.308. The average Bonchev–Trinajstić information content (AvgIpc) is 3.02. The Hall–Kier alpha value is -2.02. The molecule has 0 amide bonds. The molecule has 0 aliphatic rings. The highest BCUT2D eigenvalue weighted by Gasteiger charge is 2.08. The molecular weight excluding hydrogens is 274 g/mol. The zero-order chi connectivity index (χ0) is 13.9. The zero-order valence-electron chi connectivity index (χ0n) is 11.1. The van der Waals surface area contributed by atoms with Crippen molar-refractivity contribution in [1.82, 2.24) is 20.1 Å². The van der Waals surface area contributed by atoms with Gasteiger partial charge in [-0.3, -0.25) is 0 Å². The molecule has 3 aromatic rings. The van der Waals surface area contributed by atoms with Crippen LogP contribution in [0.25, 0.3) is 11.0 Å². The molecule has 6 nitrogen and oxygen atoms in total. The number of fused-ring (bicyclic) bond motifs is 1. The first-order valence-corrected chi connectivity index (χ1v) is 7.42. The second kappa shape index (κ2) is 5.54. The van der Waals surface area contributed by atoms with Crippen molar-refractivity contribution in [2.75, 3.05) is 5.73 Å². The highest BCUT2D eigenvalue weighted by atomic mass is 32.2. The molecule has 0 unspecified atom stereocenters. The third kappa shape index (κ3) is 2.77. The maximum Gasteiger partial charge on any atom is 0.237 e. The molecule has 2 aromatic heterocycles. The number of aryl methyl sites for hydroxylation is 1. The Morgan fingerprint density at radius 3 is 3.10 bits per heavy atom. The molecule has 3 rings (SSSR count). The number of nitrogens with two attached hydrogens (primary N) is 1. The van der Waals surface area contributed by atoms with Gasteiger partial charge in [0.05, 0.1) is 16.8 Å². The van der Waals surface area contributed by atoms with Gasteiger partial charge in [-0.15, -0.1) is 0 Å². The number of nitrogens with one attached hydrogen (secondary N) is 1. The summed E-state index contributed by atoms with van der Waals surface area (Å²) in [4.78, 5) is 12.0. The number of aromatic amines is 1.